The lowest BCUT2D eigenvalue weighted by molar-refractivity contribution is -0.178. The van der Waals surface area contributed by atoms with E-state index in [1.54, 1.807) is 27.7 Å². The van der Waals surface area contributed by atoms with E-state index < -0.39 is 23.0 Å². The molecule has 2 amide bonds. The molecule has 0 aromatic carbocycles. The van der Waals surface area contributed by atoms with Gasteiger partial charge in [0, 0.05) is 12.1 Å². The Bertz CT molecular complexity index is 290. The topological polar surface area (TPSA) is 98.7 Å². The molecule has 0 bridgehead atoms. The zero-order valence-corrected chi connectivity index (χ0v) is 11.9. The third-order valence-electron chi connectivity index (χ3n) is 2.67. The maximum Gasteiger partial charge on any atom is 0.255 e. The predicted molar refractivity (Wildman–Crippen MR) is 67.8 cm³/mol. The SMILES string of the molecule is CC(C)NC(=O)[C@@](C)(O)[C@](C)(O)C(=O)NC(C)C. The van der Waals surface area contributed by atoms with Gasteiger partial charge in [0.05, 0.1) is 0 Å². The Kier molecular flexibility index (Phi) is 5.31. The Morgan fingerprint density at radius 1 is 0.833 bits per heavy atom. The monoisotopic (exact) mass is 260 g/mol. The van der Waals surface area contributed by atoms with Crippen LogP contribution in [-0.4, -0.2) is 45.3 Å². The third-order valence-corrected chi connectivity index (χ3v) is 2.67. The molecule has 0 aliphatic heterocycles. The van der Waals surface area contributed by atoms with Gasteiger partial charge in [-0.1, -0.05) is 0 Å². The van der Waals surface area contributed by atoms with Gasteiger partial charge in [0.1, 0.15) is 0 Å². The first kappa shape index (κ1) is 16.9. The molecule has 18 heavy (non-hydrogen) atoms. The fraction of sp³-hybridized carbons (Fsp3) is 0.833. The average molecular weight is 260 g/mol. The van der Waals surface area contributed by atoms with E-state index in [0.29, 0.717) is 0 Å². The highest BCUT2D eigenvalue weighted by atomic mass is 16.4. The molecule has 6 nitrogen and oxygen atoms in total. The van der Waals surface area contributed by atoms with E-state index in [1.807, 2.05) is 0 Å². The van der Waals surface area contributed by atoms with Crippen LogP contribution in [0.2, 0.25) is 0 Å². The minimum Gasteiger partial charge on any atom is -0.377 e. The second kappa shape index (κ2) is 5.67. The van der Waals surface area contributed by atoms with Crippen LogP contribution in [0.15, 0.2) is 0 Å². The lowest BCUT2D eigenvalue weighted by Gasteiger charge is -2.36. The van der Waals surface area contributed by atoms with Gasteiger partial charge in [-0.3, -0.25) is 9.59 Å². The van der Waals surface area contributed by atoms with E-state index in [2.05, 4.69) is 10.6 Å². The molecule has 0 aromatic heterocycles. The van der Waals surface area contributed by atoms with Crippen LogP contribution in [0, 0.1) is 0 Å². The van der Waals surface area contributed by atoms with Crippen molar-refractivity contribution in [1.29, 1.82) is 0 Å². The molecule has 4 N–H and O–H groups in total. The highest BCUT2D eigenvalue weighted by molar-refractivity contribution is 5.96. The molecule has 0 aliphatic rings. The zero-order chi connectivity index (χ0) is 14.7. The average Bonchev–Trinajstić information content (AvgIpc) is 2.14. The third kappa shape index (κ3) is 3.68. The summed E-state index contributed by atoms with van der Waals surface area (Å²) < 4.78 is 0. The van der Waals surface area contributed by atoms with E-state index in [9.17, 15) is 19.8 Å². The van der Waals surface area contributed by atoms with Crippen LogP contribution < -0.4 is 10.6 Å². The van der Waals surface area contributed by atoms with Gasteiger partial charge in [0.25, 0.3) is 11.8 Å². The molecule has 0 spiro atoms. The number of hydrogen-bond acceptors (Lipinski definition) is 4. The number of rotatable bonds is 5. The first-order chi connectivity index (χ1) is 7.92. The Labute approximate surface area is 108 Å². The van der Waals surface area contributed by atoms with Gasteiger partial charge in [-0.25, -0.2) is 0 Å². The summed E-state index contributed by atoms with van der Waals surface area (Å²) in [6.07, 6.45) is 0. The van der Waals surface area contributed by atoms with E-state index >= 15 is 0 Å². The lowest BCUT2D eigenvalue weighted by Crippen LogP contribution is -2.66. The predicted octanol–water partition coefficient (Wildman–Crippen LogP) is -0.462. The summed E-state index contributed by atoms with van der Waals surface area (Å²) in [6, 6.07) is -0.402. The lowest BCUT2D eigenvalue weighted by atomic mass is 9.84. The maximum absolute atomic E-state index is 11.8. The Morgan fingerprint density at radius 3 is 1.22 bits per heavy atom. The van der Waals surface area contributed by atoms with Crippen LogP contribution in [0.5, 0.6) is 0 Å². The molecule has 0 fully saturated rings. The number of aliphatic hydroxyl groups is 2. The number of carbonyl (C=O) groups excluding carboxylic acids is 2. The Hall–Kier alpha value is -1.14. The fourth-order valence-corrected chi connectivity index (χ4v) is 1.25. The van der Waals surface area contributed by atoms with Gasteiger partial charge in [-0.05, 0) is 41.5 Å². The number of carbonyl (C=O) groups is 2. The van der Waals surface area contributed by atoms with Crippen LogP contribution in [0.3, 0.4) is 0 Å². The van der Waals surface area contributed by atoms with Crippen molar-refractivity contribution >= 4 is 11.8 Å². The van der Waals surface area contributed by atoms with Crippen molar-refractivity contribution in [3.8, 4) is 0 Å². The second-order valence-corrected chi connectivity index (χ2v) is 5.40. The highest BCUT2D eigenvalue weighted by Crippen LogP contribution is 2.23. The van der Waals surface area contributed by atoms with Gasteiger partial charge >= 0.3 is 0 Å². The van der Waals surface area contributed by atoms with Crippen molar-refractivity contribution in [3.05, 3.63) is 0 Å². The van der Waals surface area contributed by atoms with Crippen molar-refractivity contribution in [1.82, 2.24) is 10.6 Å². The first-order valence-corrected chi connectivity index (χ1v) is 5.99. The molecule has 2 atom stereocenters. The minimum absolute atomic E-state index is 0.201. The molecular formula is C12H24N2O4. The van der Waals surface area contributed by atoms with Crippen molar-refractivity contribution in [2.45, 2.75) is 64.8 Å². The first-order valence-electron chi connectivity index (χ1n) is 5.99. The number of hydrogen-bond donors (Lipinski definition) is 4. The summed E-state index contributed by atoms with van der Waals surface area (Å²) in [7, 11) is 0. The highest BCUT2D eigenvalue weighted by Gasteiger charge is 2.53. The minimum atomic E-state index is -2.21. The van der Waals surface area contributed by atoms with Gasteiger partial charge in [0.2, 0.25) is 0 Å². The Balaban J connectivity index is 5.06. The zero-order valence-electron chi connectivity index (χ0n) is 11.9. The standard InChI is InChI=1S/C12H24N2O4/c1-7(2)13-9(15)11(5,17)12(6,18)10(16)14-8(3)4/h7-8,17-18H,1-6H3,(H,13,15)(H,14,16)/t11-,12-/m1/s1. The van der Waals surface area contributed by atoms with E-state index in [1.165, 1.54) is 0 Å². The van der Waals surface area contributed by atoms with E-state index in [-0.39, 0.29) is 12.1 Å². The molecule has 0 heterocycles. The van der Waals surface area contributed by atoms with E-state index in [0.717, 1.165) is 13.8 Å². The van der Waals surface area contributed by atoms with Crippen LogP contribution in [-0.2, 0) is 9.59 Å². The van der Waals surface area contributed by atoms with Crippen LogP contribution in [0.25, 0.3) is 0 Å². The van der Waals surface area contributed by atoms with Crippen molar-refractivity contribution in [3.63, 3.8) is 0 Å². The summed E-state index contributed by atoms with van der Waals surface area (Å²) in [5, 5.41) is 25.2. The van der Waals surface area contributed by atoms with E-state index in [4.69, 9.17) is 0 Å². The second-order valence-electron chi connectivity index (χ2n) is 5.40. The van der Waals surface area contributed by atoms with Crippen molar-refractivity contribution < 1.29 is 19.8 Å². The summed E-state index contributed by atoms with van der Waals surface area (Å²) in [6.45, 7) is 9.11. The van der Waals surface area contributed by atoms with Gasteiger partial charge in [0.15, 0.2) is 11.2 Å². The summed E-state index contributed by atoms with van der Waals surface area (Å²) in [5.41, 5.74) is -4.42. The fourth-order valence-electron chi connectivity index (χ4n) is 1.25. The molecule has 0 saturated carbocycles. The quantitative estimate of drug-likeness (QED) is 0.537. The van der Waals surface area contributed by atoms with Crippen LogP contribution in [0.1, 0.15) is 41.5 Å². The molecule has 0 rings (SSSR count). The summed E-state index contributed by atoms with van der Waals surface area (Å²) in [4.78, 5) is 23.6. The number of nitrogens with one attached hydrogen (secondary N) is 2. The molecule has 0 radical (unpaired) electrons. The normalized spacial score (nSPS) is 18.1. The molecule has 0 aromatic rings. The smallest absolute Gasteiger partial charge is 0.255 e. The molecule has 6 heteroatoms. The molecular weight excluding hydrogens is 236 g/mol. The van der Waals surface area contributed by atoms with Gasteiger partial charge in [-0.2, -0.15) is 0 Å². The Morgan fingerprint density at radius 2 is 1.06 bits per heavy atom. The molecule has 0 saturated heterocycles. The largest absolute Gasteiger partial charge is 0.377 e. The molecule has 0 aliphatic carbocycles. The van der Waals surface area contributed by atoms with Crippen LogP contribution >= 0.6 is 0 Å². The van der Waals surface area contributed by atoms with Crippen molar-refractivity contribution in [2.24, 2.45) is 0 Å². The molecule has 0 unspecified atom stereocenters. The summed E-state index contributed by atoms with van der Waals surface area (Å²) >= 11 is 0. The summed E-state index contributed by atoms with van der Waals surface area (Å²) in [5.74, 6) is -1.58. The maximum atomic E-state index is 11.8. The molecule has 106 valence electrons. The van der Waals surface area contributed by atoms with Crippen molar-refractivity contribution in [2.75, 3.05) is 0 Å². The number of amides is 2. The van der Waals surface area contributed by atoms with Crippen LogP contribution in [0.4, 0.5) is 0 Å². The van der Waals surface area contributed by atoms with Gasteiger partial charge in [-0.15, -0.1) is 0 Å². The van der Waals surface area contributed by atoms with Gasteiger partial charge < -0.3 is 20.8 Å².